The normalized spacial score (nSPS) is 23.8. The Bertz CT molecular complexity index is 344. The number of carbonyl (C=O) groups excluding carboxylic acids is 1. The lowest BCUT2D eigenvalue weighted by Gasteiger charge is -2.32. The number of halogens is 3. The number of hydrogen-bond acceptors (Lipinski definition) is 3. The van der Waals surface area contributed by atoms with Crippen molar-refractivity contribution in [3.05, 3.63) is 0 Å². The molecule has 0 aromatic rings. The smallest absolute Gasteiger partial charge is 0.401 e. The van der Waals surface area contributed by atoms with Gasteiger partial charge in [0.15, 0.2) is 0 Å². The number of carbonyl (C=O) groups is 1. The van der Waals surface area contributed by atoms with E-state index >= 15 is 0 Å². The molecule has 6 heteroatoms. The van der Waals surface area contributed by atoms with Crippen LogP contribution in [-0.4, -0.2) is 42.8 Å². The molecular weight excluding hydrogens is 295 g/mol. The van der Waals surface area contributed by atoms with E-state index in [-0.39, 0.29) is 18.0 Å². The molecule has 0 unspecified atom stereocenters. The van der Waals surface area contributed by atoms with Crippen molar-refractivity contribution in [3.63, 3.8) is 0 Å². The van der Waals surface area contributed by atoms with Crippen molar-refractivity contribution in [2.75, 3.05) is 19.6 Å². The van der Waals surface area contributed by atoms with Gasteiger partial charge in [-0.15, -0.1) is 0 Å². The highest BCUT2D eigenvalue weighted by Crippen LogP contribution is 2.25. The van der Waals surface area contributed by atoms with Crippen LogP contribution in [0.2, 0.25) is 0 Å². The second-order valence-corrected chi connectivity index (χ2v) is 6.57. The van der Waals surface area contributed by atoms with Crippen LogP contribution < -0.4 is 0 Å². The van der Waals surface area contributed by atoms with Crippen LogP contribution in [0.3, 0.4) is 0 Å². The highest BCUT2D eigenvalue weighted by atomic mass is 19.4. The van der Waals surface area contributed by atoms with E-state index in [9.17, 15) is 18.0 Å². The molecular formula is C16H26F3NO2. The molecule has 1 aliphatic heterocycles. The number of esters is 1. The van der Waals surface area contributed by atoms with Gasteiger partial charge in [-0.3, -0.25) is 9.69 Å². The third-order valence-electron chi connectivity index (χ3n) is 4.66. The van der Waals surface area contributed by atoms with Crippen molar-refractivity contribution in [2.24, 2.45) is 5.92 Å². The zero-order chi connectivity index (χ0) is 16.0. The van der Waals surface area contributed by atoms with Crippen molar-refractivity contribution in [1.82, 2.24) is 4.90 Å². The fourth-order valence-corrected chi connectivity index (χ4v) is 3.38. The molecule has 0 spiro atoms. The molecule has 0 N–H and O–H groups in total. The Balaban J connectivity index is 1.72. The highest BCUT2D eigenvalue weighted by Gasteiger charge is 2.34. The Morgan fingerprint density at radius 3 is 2.05 bits per heavy atom. The Kier molecular flexibility index (Phi) is 6.53. The molecule has 1 saturated heterocycles. The molecule has 0 aromatic heterocycles. The van der Waals surface area contributed by atoms with Crippen LogP contribution >= 0.6 is 0 Å². The molecule has 0 amide bonds. The number of likely N-dealkylation sites (tertiary alicyclic amines) is 1. The molecule has 2 aliphatic rings. The van der Waals surface area contributed by atoms with Crippen molar-refractivity contribution in [1.29, 1.82) is 0 Å². The van der Waals surface area contributed by atoms with E-state index in [1.54, 1.807) is 0 Å². The molecule has 128 valence electrons. The van der Waals surface area contributed by atoms with Gasteiger partial charge in [-0.1, -0.05) is 19.3 Å². The minimum absolute atomic E-state index is 0.0148. The van der Waals surface area contributed by atoms with Crippen LogP contribution in [0.25, 0.3) is 0 Å². The molecule has 0 bridgehead atoms. The van der Waals surface area contributed by atoms with Crippen molar-refractivity contribution < 1.29 is 22.7 Å². The average molecular weight is 321 g/mol. The van der Waals surface area contributed by atoms with Gasteiger partial charge in [-0.05, 0) is 51.6 Å². The van der Waals surface area contributed by atoms with E-state index in [0.717, 1.165) is 25.7 Å². The van der Waals surface area contributed by atoms with Gasteiger partial charge in [0.25, 0.3) is 0 Å². The molecule has 22 heavy (non-hydrogen) atoms. The van der Waals surface area contributed by atoms with Gasteiger partial charge < -0.3 is 4.74 Å². The first-order valence-corrected chi connectivity index (χ1v) is 8.43. The maximum atomic E-state index is 12.3. The van der Waals surface area contributed by atoms with Crippen LogP contribution in [-0.2, 0) is 9.53 Å². The average Bonchev–Trinajstić information content (AvgIpc) is 2.40. The summed E-state index contributed by atoms with van der Waals surface area (Å²) in [5, 5.41) is 0. The van der Waals surface area contributed by atoms with Crippen LogP contribution in [0.1, 0.15) is 57.8 Å². The van der Waals surface area contributed by atoms with Gasteiger partial charge in [0.2, 0.25) is 0 Å². The minimum Gasteiger partial charge on any atom is -0.462 e. The fourth-order valence-electron chi connectivity index (χ4n) is 3.38. The van der Waals surface area contributed by atoms with Crippen molar-refractivity contribution in [3.8, 4) is 0 Å². The number of rotatable bonds is 3. The molecule has 0 atom stereocenters. The summed E-state index contributed by atoms with van der Waals surface area (Å²) in [5.41, 5.74) is 0. The SMILES string of the molecule is O=C(OC1CCCCCCC1)C1CCN(CC(F)(F)F)CC1. The summed E-state index contributed by atoms with van der Waals surface area (Å²) >= 11 is 0. The van der Waals surface area contributed by atoms with Crippen LogP contribution in [0.15, 0.2) is 0 Å². The largest absolute Gasteiger partial charge is 0.462 e. The van der Waals surface area contributed by atoms with E-state index in [1.165, 1.54) is 24.2 Å². The molecule has 2 rings (SSSR count). The van der Waals surface area contributed by atoms with E-state index in [2.05, 4.69) is 0 Å². The second-order valence-electron chi connectivity index (χ2n) is 6.57. The Morgan fingerprint density at radius 1 is 0.955 bits per heavy atom. The third-order valence-corrected chi connectivity index (χ3v) is 4.66. The van der Waals surface area contributed by atoms with Gasteiger partial charge in [-0.2, -0.15) is 13.2 Å². The Morgan fingerprint density at radius 2 is 1.50 bits per heavy atom. The van der Waals surface area contributed by atoms with Gasteiger partial charge in [0, 0.05) is 0 Å². The second kappa shape index (κ2) is 8.18. The molecule has 0 radical (unpaired) electrons. The first kappa shape index (κ1) is 17.6. The van der Waals surface area contributed by atoms with Crippen LogP contribution in [0.4, 0.5) is 13.2 Å². The molecule has 3 nitrogen and oxygen atoms in total. The number of piperidine rings is 1. The molecule has 1 heterocycles. The van der Waals surface area contributed by atoms with Gasteiger partial charge in [0.1, 0.15) is 6.10 Å². The predicted molar refractivity (Wildman–Crippen MR) is 77.4 cm³/mol. The van der Waals surface area contributed by atoms with E-state index < -0.39 is 12.7 Å². The van der Waals surface area contributed by atoms with Crippen LogP contribution in [0.5, 0.6) is 0 Å². The lowest BCUT2D eigenvalue weighted by molar-refractivity contribution is -0.160. The number of alkyl halides is 3. The maximum absolute atomic E-state index is 12.3. The summed E-state index contributed by atoms with van der Waals surface area (Å²) in [6.45, 7) is -0.231. The zero-order valence-electron chi connectivity index (χ0n) is 13.0. The van der Waals surface area contributed by atoms with Gasteiger partial charge in [-0.25, -0.2) is 0 Å². The van der Waals surface area contributed by atoms with Crippen molar-refractivity contribution in [2.45, 2.75) is 70.1 Å². The van der Waals surface area contributed by atoms with Crippen molar-refractivity contribution >= 4 is 5.97 Å². The minimum atomic E-state index is -4.16. The third kappa shape index (κ3) is 6.15. The Hall–Kier alpha value is -0.780. The predicted octanol–water partition coefficient (Wildman–Crippen LogP) is 3.92. The standard InChI is InChI=1S/C16H26F3NO2/c17-16(18,19)12-20-10-8-13(9-11-20)15(21)22-14-6-4-2-1-3-5-7-14/h13-14H,1-12H2. The van der Waals surface area contributed by atoms with Gasteiger partial charge >= 0.3 is 12.1 Å². The first-order chi connectivity index (χ1) is 10.4. The summed E-state index contributed by atoms with van der Waals surface area (Å²) in [6.07, 6.45) is 4.52. The summed E-state index contributed by atoms with van der Waals surface area (Å²) in [6, 6.07) is 0. The first-order valence-electron chi connectivity index (χ1n) is 8.43. The lowest BCUT2D eigenvalue weighted by atomic mass is 9.96. The van der Waals surface area contributed by atoms with Gasteiger partial charge in [0.05, 0.1) is 12.5 Å². The monoisotopic (exact) mass is 321 g/mol. The molecule has 2 fully saturated rings. The fraction of sp³-hybridized carbons (Fsp3) is 0.938. The molecule has 1 aliphatic carbocycles. The number of ether oxygens (including phenoxy) is 1. The highest BCUT2D eigenvalue weighted by molar-refractivity contribution is 5.72. The molecule has 0 aromatic carbocycles. The Labute approximate surface area is 130 Å². The summed E-state index contributed by atoms with van der Waals surface area (Å²) in [5.74, 6) is -0.424. The number of nitrogens with zero attached hydrogens (tertiary/aromatic N) is 1. The zero-order valence-corrected chi connectivity index (χ0v) is 13.0. The summed E-state index contributed by atoms with van der Waals surface area (Å²) in [7, 11) is 0. The topological polar surface area (TPSA) is 29.5 Å². The maximum Gasteiger partial charge on any atom is 0.401 e. The lowest BCUT2D eigenvalue weighted by Crippen LogP contribution is -2.42. The van der Waals surface area contributed by atoms with E-state index in [1.807, 2.05) is 0 Å². The quantitative estimate of drug-likeness (QED) is 0.738. The summed E-state index contributed by atoms with van der Waals surface area (Å²) < 4.78 is 42.7. The number of hydrogen-bond donors (Lipinski definition) is 0. The van der Waals surface area contributed by atoms with E-state index in [4.69, 9.17) is 4.74 Å². The molecule has 1 saturated carbocycles. The van der Waals surface area contributed by atoms with E-state index in [0.29, 0.717) is 25.9 Å². The van der Waals surface area contributed by atoms with Crippen LogP contribution in [0, 0.1) is 5.92 Å². The summed E-state index contributed by atoms with van der Waals surface area (Å²) in [4.78, 5) is 13.6.